The molecule has 1 amide bonds. The number of hydrogen-bond acceptors (Lipinski definition) is 5. The molecule has 1 spiro atoms. The van der Waals surface area contributed by atoms with Crippen molar-refractivity contribution in [1.29, 1.82) is 0 Å². The lowest BCUT2D eigenvalue weighted by atomic mass is 9.72. The molecule has 6 nitrogen and oxygen atoms in total. The maximum atomic E-state index is 13.7. The van der Waals surface area contributed by atoms with Gasteiger partial charge in [0.1, 0.15) is 11.2 Å². The number of nitrogens with zero attached hydrogens (tertiary/aromatic N) is 2. The summed E-state index contributed by atoms with van der Waals surface area (Å²) in [5, 5.41) is 11.3. The zero-order valence-corrected chi connectivity index (χ0v) is 16.0. The Hall–Kier alpha value is -1.89. The van der Waals surface area contributed by atoms with E-state index in [9.17, 15) is 9.90 Å². The Morgan fingerprint density at radius 2 is 2.22 bits per heavy atom. The van der Waals surface area contributed by atoms with Crippen LogP contribution in [0.25, 0.3) is 0 Å². The first kappa shape index (κ1) is 17.2. The van der Waals surface area contributed by atoms with E-state index in [1.54, 1.807) is 12.1 Å². The lowest BCUT2D eigenvalue weighted by molar-refractivity contribution is -0.137. The molecular formula is C21H26N2O4. The first-order valence-corrected chi connectivity index (χ1v) is 9.70. The Kier molecular flexibility index (Phi) is 3.70. The van der Waals surface area contributed by atoms with Crippen LogP contribution in [0.15, 0.2) is 29.8 Å². The van der Waals surface area contributed by atoms with Crippen LogP contribution in [0.1, 0.15) is 25.3 Å². The Balaban J connectivity index is 1.70. The minimum Gasteiger partial charge on any atom is -0.508 e. The lowest BCUT2D eigenvalue weighted by Gasteiger charge is -2.46. The number of benzene rings is 1. The van der Waals surface area contributed by atoms with Gasteiger partial charge in [-0.25, -0.2) is 0 Å². The molecule has 4 bridgehead atoms. The van der Waals surface area contributed by atoms with Gasteiger partial charge < -0.3 is 9.84 Å². The molecule has 6 rings (SSSR count). The number of phenolic OH excluding ortho intramolecular Hbond substituents is 1. The number of rotatable bonds is 1. The van der Waals surface area contributed by atoms with Gasteiger partial charge >= 0.3 is 0 Å². The fraction of sp³-hybridized carbons (Fsp3) is 0.571. The van der Waals surface area contributed by atoms with Gasteiger partial charge in [0.05, 0.1) is 25.5 Å². The number of carbonyl (C=O) groups is 1. The van der Waals surface area contributed by atoms with Crippen molar-refractivity contribution >= 4 is 11.6 Å². The smallest absolute Gasteiger partial charge is 0.264 e. The molecule has 1 N–H and O–H groups in total. The average molecular weight is 370 g/mol. The highest BCUT2D eigenvalue weighted by Crippen LogP contribution is 2.57. The van der Waals surface area contributed by atoms with Crippen LogP contribution in [-0.4, -0.2) is 55.4 Å². The molecular weight excluding hydrogens is 344 g/mol. The number of ether oxygens (including phenoxy) is 1. The number of piperidine rings is 1. The third-order valence-corrected chi connectivity index (χ3v) is 7.32. The molecule has 0 aromatic heterocycles. The average Bonchev–Trinajstić information content (AvgIpc) is 2.78. The van der Waals surface area contributed by atoms with Crippen LogP contribution in [0.4, 0.5) is 5.69 Å². The molecule has 1 saturated carbocycles. The van der Waals surface area contributed by atoms with Crippen LogP contribution in [0.3, 0.4) is 0 Å². The second-order valence-corrected chi connectivity index (χ2v) is 8.33. The van der Waals surface area contributed by atoms with Gasteiger partial charge in [0, 0.05) is 24.6 Å². The zero-order valence-electron chi connectivity index (χ0n) is 16.0. The summed E-state index contributed by atoms with van der Waals surface area (Å²) in [5.74, 6) is 0.945. The second kappa shape index (κ2) is 5.80. The summed E-state index contributed by atoms with van der Waals surface area (Å²) in [6, 6.07) is 5.45. The van der Waals surface area contributed by atoms with Gasteiger partial charge in [0.2, 0.25) is 0 Å². The molecule has 4 aliphatic heterocycles. The first-order valence-electron chi connectivity index (χ1n) is 9.70. The number of carbonyl (C=O) groups excluding carboxylic acids is 1. The number of anilines is 1. The van der Waals surface area contributed by atoms with Gasteiger partial charge in [0.15, 0.2) is 0 Å². The highest BCUT2D eigenvalue weighted by atomic mass is 16.7. The number of phenols is 1. The minimum atomic E-state index is -0.759. The van der Waals surface area contributed by atoms with Crippen molar-refractivity contribution in [1.82, 2.24) is 4.90 Å². The van der Waals surface area contributed by atoms with Crippen molar-refractivity contribution in [3.05, 3.63) is 35.4 Å². The van der Waals surface area contributed by atoms with E-state index in [0.717, 1.165) is 24.9 Å². The first-order chi connectivity index (χ1) is 13.0. The van der Waals surface area contributed by atoms with E-state index < -0.39 is 5.41 Å². The van der Waals surface area contributed by atoms with Gasteiger partial charge in [-0.05, 0) is 44.4 Å². The summed E-state index contributed by atoms with van der Waals surface area (Å²) in [4.78, 5) is 21.5. The summed E-state index contributed by atoms with van der Waals surface area (Å²) in [6.45, 7) is 3.76. The SMILES string of the molecule is C/C=C1\CN(C)C2C[C@@]3(C(=O)N(OC)c4cc(O)ccc43)[C@@H]3C[C@@H]1C2CO3. The number of hydroxylamine groups is 1. The molecule has 1 aromatic carbocycles. The number of likely N-dealkylation sites (tertiary alicyclic amines) is 1. The highest BCUT2D eigenvalue weighted by Gasteiger charge is 2.64. The quantitative estimate of drug-likeness (QED) is 0.768. The number of aromatic hydroxyl groups is 1. The van der Waals surface area contributed by atoms with Gasteiger partial charge in [-0.2, -0.15) is 5.06 Å². The Bertz CT molecular complexity index is 837. The van der Waals surface area contributed by atoms with Crippen LogP contribution in [0.2, 0.25) is 0 Å². The van der Waals surface area contributed by atoms with Crippen LogP contribution < -0.4 is 5.06 Å². The molecule has 5 atom stereocenters. The van der Waals surface area contributed by atoms with Crippen molar-refractivity contribution < 1.29 is 19.5 Å². The molecule has 4 fully saturated rings. The monoisotopic (exact) mass is 370 g/mol. The fourth-order valence-corrected chi connectivity index (χ4v) is 6.05. The van der Waals surface area contributed by atoms with Gasteiger partial charge in [0.25, 0.3) is 5.91 Å². The van der Waals surface area contributed by atoms with E-state index in [1.165, 1.54) is 17.7 Å². The largest absolute Gasteiger partial charge is 0.508 e. The molecule has 3 saturated heterocycles. The third-order valence-electron chi connectivity index (χ3n) is 7.32. The van der Waals surface area contributed by atoms with E-state index in [0.29, 0.717) is 24.1 Å². The molecule has 1 aliphatic carbocycles. The number of likely N-dealkylation sites (N-methyl/N-ethyl adjacent to an activating group) is 1. The standard InChI is InChI=1S/C21H26N2O4/c1-4-12-10-22(2)18-9-21(19-8-14(12)15(18)11-27-19)16-6-5-13(24)7-17(16)23(26-3)20(21)25/h4-7,14-15,18-19,24H,8-11H2,1-3H3/b12-4+/t14-,15?,18?,19-,21-/m0/s1. The van der Waals surface area contributed by atoms with Crippen molar-refractivity contribution in [2.24, 2.45) is 11.8 Å². The number of amides is 1. The molecule has 6 heteroatoms. The van der Waals surface area contributed by atoms with E-state index >= 15 is 0 Å². The normalized spacial score (nSPS) is 39.3. The summed E-state index contributed by atoms with van der Waals surface area (Å²) in [7, 11) is 3.66. The predicted molar refractivity (Wildman–Crippen MR) is 100 cm³/mol. The molecule has 1 aromatic rings. The van der Waals surface area contributed by atoms with E-state index in [2.05, 4.69) is 24.9 Å². The molecule has 0 radical (unpaired) electrons. The lowest BCUT2D eigenvalue weighted by Crippen LogP contribution is -2.50. The summed E-state index contributed by atoms with van der Waals surface area (Å²) >= 11 is 0. The van der Waals surface area contributed by atoms with Crippen LogP contribution in [-0.2, 0) is 19.8 Å². The maximum Gasteiger partial charge on any atom is 0.264 e. The van der Waals surface area contributed by atoms with E-state index in [1.807, 2.05) is 6.07 Å². The van der Waals surface area contributed by atoms with Crippen molar-refractivity contribution in [3.8, 4) is 5.75 Å². The maximum absolute atomic E-state index is 13.7. The van der Waals surface area contributed by atoms with Crippen molar-refractivity contribution in [3.63, 3.8) is 0 Å². The van der Waals surface area contributed by atoms with E-state index in [-0.39, 0.29) is 23.8 Å². The minimum absolute atomic E-state index is 0.0702. The van der Waals surface area contributed by atoms with Gasteiger partial charge in [-0.1, -0.05) is 17.7 Å². The van der Waals surface area contributed by atoms with Crippen molar-refractivity contribution in [2.75, 3.05) is 32.4 Å². The number of allylic oxidation sites excluding steroid dienone is 1. The topological polar surface area (TPSA) is 62.2 Å². The summed E-state index contributed by atoms with van der Waals surface area (Å²) in [6.07, 6.45) is 3.65. The highest BCUT2D eigenvalue weighted by molar-refractivity contribution is 6.07. The molecule has 27 heavy (non-hydrogen) atoms. The Labute approximate surface area is 159 Å². The van der Waals surface area contributed by atoms with Crippen LogP contribution in [0, 0.1) is 11.8 Å². The molecule has 2 unspecified atom stereocenters. The van der Waals surface area contributed by atoms with Crippen LogP contribution in [0.5, 0.6) is 5.75 Å². The molecule has 144 valence electrons. The molecule has 5 aliphatic rings. The summed E-state index contributed by atoms with van der Waals surface area (Å²) < 4.78 is 6.35. The van der Waals surface area contributed by atoms with Crippen LogP contribution >= 0.6 is 0 Å². The Morgan fingerprint density at radius 1 is 1.41 bits per heavy atom. The Morgan fingerprint density at radius 3 is 2.96 bits per heavy atom. The summed E-state index contributed by atoms with van der Waals surface area (Å²) in [5.41, 5.74) is 2.26. The fourth-order valence-electron chi connectivity index (χ4n) is 6.05. The van der Waals surface area contributed by atoms with Gasteiger partial charge in [-0.15, -0.1) is 0 Å². The van der Waals surface area contributed by atoms with E-state index in [4.69, 9.17) is 9.57 Å². The number of hydrogen-bond donors (Lipinski definition) is 1. The van der Waals surface area contributed by atoms with Gasteiger partial charge in [-0.3, -0.25) is 14.5 Å². The van der Waals surface area contributed by atoms with Crippen molar-refractivity contribution in [2.45, 2.75) is 37.3 Å². The number of fused-ring (bicyclic) bond motifs is 2. The molecule has 4 heterocycles. The second-order valence-electron chi connectivity index (χ2n) is 8.33. The third kappa shape index (κ3) is 2.09. The zero-order chi connectivity index (χ0) is 18.9. The predicted octanol–water partition coefficient (Wildman–Crippen LogP) is 2.22.